The number of furan rings is 1. The van der Waals surface area contributed by atoms with E-state index in [0.717, 1.165) is 22.7 Å². The average molecular weight is 304 g/mol. The van der Waals surface area contributed by atoms with Crippen LogP contribution < -0.4 is 9.38 Å². The van der Waals surface area contributed by atoms with E-state index >= 15 is 0 Å². The fourth-order valence-corrected chi connectivity index (χ4v) is 3.39. The molecule has 4 nitrogen and oxygen atoms in total. The number of fused-ring (bicyclic) bond motifs is 3. The van der Waals surface area contributed by atoms with Crippen molar-refractivity contribution in [3.05, 3.63) is 53.8 Å². The summed E-state index contributed by atoms with van der Waals surface area (Å²) in [5.74, 6) is 4.28. The van der Waals surface area contributed by atoms with Crippen LogP contribution >= 0.6 is 0 Å². The van der Waals surface area contributed by atoms with Gasteiger partial charge >= 0.3 is 6.85 Å². The van der Waals surface area contributed by atoms with Crippen molar-refractivity contribution in [2.24, 2.45) is 7.05 Å². The molecule has 23 heavy (non-hydrogen) atoms. The molecule has 0 aromatic carbocycles. The zero-order valence-electron chi connectivity index (χ0n) is 13.9. The Morgan fingerprint density at radius 3 is 2.91 bits per heavy atom. The second kappa shape index (κ2) is 4.98. The van der Waals surface area contributed by atoms with Crippen LogP contribution in [0, 0.1) is 6.92 Å². The van der Waals surface area contributed by atoms with Gasteiger partial charge in [-0.3, -0.25) is 4.81 Å². The number of aromatic nitrogens is 2. The first-order valence-corrected chi connectivity index (χ1v) is 7.88. The highest BCUT2D eigenvalue weighted by Crippen LogP contribution is 2.42. The van der Waals surface area contributed by atoms with Gasteiger partial charge in [0, 0.05) is 12.3 Å². The van der Waals surface area contributed by atoms with Crippen LogP contribution in [0.25, 0.3) is 16.7 Å². The Labute approximate surface area is 136 Å². The summed E-state index contributed by atoms with van der Waals surface area (Å²) in [5, 5.41) is 1.07. The van der Waals surface area contributed by atoms with Gasteiger partial charge in [-0.25, -0.2) is 9.55 Å². The molecule has 0 N–H and O–H groups in total. The molecule has 3 aromatic heterocycles. The number of aryl methyl sites for hydroxylation is 2. The molecule has 0 saturated carbocycles. The summed E-state index contributed by atoms with van der Waals surface area (Å²) >= 11 is 0. The number of nitrogens with zero attached hydrogens (tertiary/aromatic N) is 3. The molecule has 0 unspecified atom stereocenters. The van der Waals surface area contributed by atoms with Crippen LogP contribution in [0.3, 0.4) is 0 Å². The molecule has 0 fully saturated rings. The lowest BCUT2D eigenvalue weighted by molar-refractivity contribution is -0.658. The first-order valence-electron chi connectivity index (χ1n) is 7.88. The van der Waals surface area contributed by atoms with E-state index < -0.39 is 0 Å². The standard InChI is InChI=1S/C18H19BN3O/c1-12-7-9-21(4)15(10-12)22-18-16(13(2)11-19(22)3)14-6-5-8-20-17(14)23-18/h5-11H,1-4H3/q+1. The molecule has 0 bridgehead atoms. The smallest absolute Gasteiger partial charge is 0.404 e. The summed E-state index contributed by atoms with van der Waals surface area (Å²) in [6.45, 7) is 6.66. The van der Waals surface area contributed by atoms with Crippen LogP contribution in [0.1, 0.15) is 18.1 Å². The van der Waals surface area contributed by atoms with E-state index in [1.807, 2.05) is 6.07 Å². The molecule has 0 atom stereocenters. The Morgan fingerprint density at radius 2 is 2.09 bits per heavy atom. The van der Waals surface area contributed by atoms with Crippen LogP contribution in [-0.4, -0.2) is 11.8 Å². The Balaban J connectivity index is 2.01. The number of hydrogen-bond donors (Lipinski definition) is 0. The van der Waals surface area contributed by atoms with Crippen molar-refractivity contribution in [3.63, 3.8) is 0 Å². The minimum absolute atomic E-state index is 0.219. The number of hydrogen-bond acceptors (Lipinski definition) is 3. The number of pyridine rings is 2. The van der Waals surface area contributed by atoms with Crippen molar-refractivity contribution >= 4 is 35.2 Å². The minimum Gasteiger partial charge on any atom is -0.404 e. The first kappa shape index (κ1) is 14.1. The molecule has 3 aromatic rings. The normalized spacial score (nSPS) is 14.2. The fraction of sp³-hybridized carbons (Fsp3) is 0.222. The van der Waals surface area contributed by atoms with Crippen LogP contribution in [0.5, 0.6) is 0 Å². The number of allylic oxidation sites excluding steroid dienone is 1. The maximum atomic E-state index is 6.15. The molecule has 114 valence electrons. The summed E-state index contributed by atoms with van der Waals surface area (Å²) in [6.07, 6.45) is 3.86. The van der Waals surface area contributed by atoms with Gasteiger partial charge in [-0.1, -0.05) is 5.98 Å². The van der Waals surface area contributed by atoms with E-state index in [2.05, 4.69) is 72.5 Å². The zero-order valence-corrected chi connectivity index (χ0v) is 13.9. The summed E-state index contributed by atoms with van der Waals surface area (Å²) in [7, 11) is 2.06. The number of anilines is 2. The van der Waals surface area contributed by atoms with Gasteiger partial charge in [0.2, 0.25) is 5.71 Å². The van der Waals surface area contributed by atoms with E-state index in [1.165, 1.54) is 11.1 Å². The molecular formula is C18H19BN3O+. The summed E-state index contributed by atoms with van der Waals surface area (Å²) in [5.41, 5.74) is 4.31. The maximum Gasteiger partial charge on any atom is 0.406 e. The van der Waals surface area contributed by atoms with Crippen molar-refractivity contribution in [2.75, 3.05) is 4.81 Å². The van der Waals surface area contributed by atoms with Gasteiger partial charge in [-0.2, -0.15) is 0 Å². The highest BCUT2D eigenvalue weighted by Gasteiger charge is 2.39. The largest absolute Gasteiger partial charge is 0.406 e. The molecule has 1 aliphatic rings. The predicted molar refractivity (Wildman–Crippen MR) is 93.8 cm³/mol. The van der Waals surface area contributed by atoms with Gasteiger partial charge in [-0.15, -0.1) is 0 Å². The van der Waals surface area contributed by atoms with Crippen molar-refractivity contribution in [1.82, 2.24) is 4.98 Å². The number of rotatable bonds is 1. The van der Waals surface area contributed by atoms with Gasteiger partial charge in [0.15, 0.2) is 0 Å². The Bertz CT molecular complexity index is 945. The lowest BCUT2D eigenvalue weighted by Gasteiger charge is -2.24. The van der Waals surface area contributed by atoms with Crippen molar-refractivity contribution < 1.29 is 8.98 Å². The lowest BCUT2D eigenvalue weighted by atomic mass is 9.59. The molecule has 0 spiro atoms. The molecule has 4 heterocycles. The van der Waals surface area contributed by atoms with Crippen molar-refractivity contribution in [3.8, 4) is 0 Å². The average Bonchev–Trinajstić information content (AvgIpc) is 2.90. The van der Waals surface area contributed by atoms with Gasteiger partial charge in [0.25, 0.3) is 11.7 Å². The quantitative estimate of drug-likeness (QED) is 0.508. The third kappa shape index (κ3) is 2.07. The zero-order chi connectivity index (χ0) is 16.1. The highest BCUT2D eigenvalue weighted by atomic mass is 16.4. The summed E-state index contributed by atoms with van der Waals surface area (Å²) in [4.78, 5) is 6.63. The predicted octanol–water partition coefficient (Wildman–Crippen LogP) is 3.68. The first-order chi connectivity index (χ1) is 11.1. The molecule has 1 aliphatic heterocycles. The topological polar surface area (TPSA) is 33.2 Å². The SMILES string of the molecule is CB1C=C(C)c2c(oc3ncccc23)N1c1cc(C)cc[n+]1C. The van der Waals surface area contributed by atoms with Gasteiger partial charge in [-0.05, 0) is 50.0 Å². The van der Waals surface area contributed by atoms with E-state index in [9.17, 15) is 0 Å². The van der Waals surface area contributed by atoms with E-state index in [0.29, 0.717) is 5.71 Å². The summed E-state index contributed by atoms with van der Waals surface area (Å²) in [6, 6.07) is 8.34. The molecule has 0 aliphatic carbocycles. The molecule has 0 radical (unpaired) electrons. The van der Waals surface area contributed by atoms with Crippen LogP contribution in [0.4, 0.5) is 11.7 Å². The highest BCUT2D eigenvalue weighted by molar-refractivity contribution is 6.70. The molecule has 0 amide bonds. The Morgan fingerprint density at radius 1 is 1.26 bits per heavy atom. The Hall–Kier alpha value is -2.56. The molecule has 0 saturated heterocycles. The summed E-state index contributed by atoms with van der Waals surface area (Å²) < 4.78 is 8.28. The van der Waals surface area contributed by atoms with E-state index in [1.54, 1.807) is 6.20 Å². The third-order valence-corrected chi connectivity index (χ3v) is 4.49. The van der Waals surface area contributed by atoms with Gasteiger partial charge in [0.1, 0.15) is 0 Å². The van der Waals surface area contributed by atoms with Crippen molar-refractivity contribution in [1.29, 1.82) is 0 Å². The minimum atomic E-state index is 0.219. The Kier molecular flexibility index (Phi) is 3.05. The second-order valence-electron chi connectivity index (χ2n) is 6.27. The van der Waals surface area contributed by atoms with Gasteiger partial charge < -0.3 is 4.42 Å². The molecule has 5 heteroatoms. The van der Waals surface area contributed by atoms with Crippen LogP contribution in [0.2, 0.25) is 6.82 Å². The fourth-order valence-electron chi connectivity index (χ4n) is 3.39. The van der Waals surface area contributed by atoms with Gasteiger partial charge in [0.05, 0.1) is 24.2 Å². The second-order valence-corrected chi connectivity index (χ2v) is 6.27. The maximum absolute atomic E-state index is 6.15. The lowest BCUT2D eigenvalue weighted by Crippen LogP contribution is -2.43. The van der Waals surface area contributed by atoms with E-state index in [-0.39, 0.29) is 6.85 Å². The monoisotopic (exact) mass is 304 g/mol. The van der Waals surface area contributed by atoms with Crippen LogP contribution in [0.15, 0.2) is 47.1 Å². The van der Waals surface area contributed by atoms with E-state index in [4.69, 9.17) is 4.42 Å². The van der Waals surface area contributed by atoms with Crippen molar-refractivity contribution in [2.45, 2.75) is 20.7 Å². The molecule has 4 rings (SSSR count). The van der Waals surface area contributed by atoms with Crippen LogP contribution in [-0.2, 0) is 7.05 Å². The third-order valence-electron chi connectivity index (χ3n) is 4.49. The molecular weight excluding hydrogens is 285 g/mol.